The highest BCUT2D eigenvalue weighted by molar-refractivity contribution is 5.98. The molecular weight excluding hydrogens is 256 g/mol. The van der Waals surface area contributed by atoms with Crippen LogP contribution < -0.4 is 0 Å². The second-order valence-electron chi connectivity index (χ2n) is 8.10. The number of ketones is 1. The summed E-state index contributed by atoms with van der Waals surface area (Å²) in [5.74, 6) is 4.59. The molecule has 0 N–H and O–H groups in total. The zero-order valence-corrected chi connectivity index (χ0v) is 13.2. The first-order chi connectivity index (χ1) is 10.1. The van der Waals surface area contributed by atoms with Gasteiger partial charge in [-0.1, -0.05) is 38.1 Å². The Balaban J connectivity index is 1.57. The Bertz CT molecular complexity index is 511. The molecule has 1 aromatic rings. The summed E-state index contributed by atoms with van der Waals surface area (Å²) >= 11 is 0. The predicted octanol–water partition coefficient (Wildman–Crippen LogP) is 5.07. The molecule has 0 unspecified atom stereocenters. The van der Waals surface area contributed by atoms with Crippen LogP contribution in [-0.4, -0.2) is 5.78 Å². The van der Waals surface area contributed by atoms with Crippen LogP contribution in [0.2, 0.25) is 0 Å². The Kier molecular flexibility index (Phi) is 3.20. The first-order valence-corrected chi connectivity index (χ1v) is 8.76. The molecule has 4 saturated carbocycles. The fourth-order valence-electron chi connectivity index (χ4n) is 5.58. The second kappa shape index (κ2) is 4.97. The summed E-state index contributed by atoms with van der Waals surface area (Å²) in [6.07, 6.45) is 6.76. The van der Waals surface area contributed by atoms with E-state index in [1.54, 1.807) is 0 Å². The topological polar surface area (TPSA) is 17.1 Å². The van der Waals surface area contributed by atoms with Gasteiger partial charge in [0.05, 0.1) is 0 Å². The lowest BCUT2D eigenvalue weighted by Crippen LogP contribution is -2.48. The summed E-state index contributed by atoms with van der Waals surface area (Å²) in [6, 6.07) is 8.44. The zero-order valence-electron chi connectivity index (χ0n) is 13.2. The van der Waals surface area contributed by atoms with E-state index in [2.05, 4.69) is 38.1 Å². The summed E-state index contributed by atoms with van der Waals surface area (Å²) in [4.78, 5) is 13.0. The van der Waals surface area contributed by atoms with Crippen molar-refractivity contribution in [1.29, 1.82) is 0 Å². The fraction of sp³-hybridized carbons (Fsp3) is 0.650. The Morgan fingerprint density at radius 3 is 1.90 bits per heavy atom. The highest BCUT2D eigenvalue weighted by Crippen LogP contribution is 2.57. The van der Waals surface area contributed by atoms with Gasteiger partial charge in [0, 0.05) is 11.5 Å². The summed E-state index contributed by atoms with van der Waals surface area (Å²) in [5.41, 5.74) is 2.29. The lowest BCUT2D eigenvalue weighted by Gasteiger charge is -2.53. The molecule has 0 radical (unpaired) electrons. The Morgan fingerprint density at radius 2 is 1.43 bits per heavy atom. The van der Waals surface area contributed by atoms with Crippen molar-refractivity contribution >= 4 is 5.78 Å². The molecule has 1 nitrogen and oxygen atoms in total. The third kappa shape index (κ3) is 2.25. The zero-order chi connectivity index (χ0) is 14.6. The van der Waals surface area contributed by atoms with E-state index >= 15 is 0 Å². The third-order valence-corrected chi connectivity index (χ3v) is 6.39. The third-order valence-electron chi connectivity index (χ3n) is 6.39. The van der Waals surface area contributed by atoms with Crippen molar-refractivity contribution < 1.29 is 4.79 Å². The van der Waals surface area contributed by atoms with Gasteiger partial charge in [-0.2, -0.15) is 0 Å². The van der Waals surface area contributed by atoms with Crippen molar-refractivity contribution in [3.05, 3.63) is 35.4 Å². The van der Waals surface area contributed by atoms with Crippen molar-refractivity contribution in [3.63, 3.8) is 0 Å². The molecule has 0 aromatic heterocycles. The summed E-state index contributed by atoms with van der Waals surface area (Å²) < 4.78 is 0. The highest BCUT2D eigenvalue weighted by atomic mass is 16.1. The molecule has 0 spiro atoms. The van der Waals surface area contributed by atoms with E-state index < -0.39 is 0 Å². The van der Waals surface area contributed by atoms with Crippen LogP contribution in [-0.2, 0) is 0 Å². The van der Waals surface area contributed by atoms with Crippen LogP contribution in [0.3, 0.4) is 0 Å². The number of hydrogen-bond acceptors (Lipinski definition) is 1. The molecule has 0 aliphatic heterocycles. The summed E-state index contributed by atoms with van der Waals surface area (Å²) in [5, 5.41) is 0. The van der Waals surface area contributed by atoms with Crippen molar-refractivity contribution in [3.8, 4) is 0 Å². The minimum atomic E-state index is 0.336. The Morgan fingerprint density at radius 1 is 0.905 bits per heavy atom. The predicted molar refractivity (Wildman–Crippen MR) is 85.4 cm³/mol. The van der Waals surface area contributed by atoms with Gasteiger partial charge >= 0.3 is 0 Å². The van der Waals surface area contributed by atoms with Gasteiger partial charge in [-0.05, 0) is 67.3 Å². The molecule has 112 valence electrons. The number of Topliss-reactive ketones (excluding diaryl/α,β-unsaturated/α-hetero) is 1. The van der Waals surface area contributed by atoms with Crippen LogP contribution in [0, 0.1) is 29.6 Å². The number of rotatable bonds is 3. The van der Waals surface area contributed by atoms with Gasteiger partial charge in [-0.3, -0.25) is 4.79 Å². The molecule has 4 aliphatic rings. The molecule has 4 fully saturated rings. The van der Waals surface area contributed by atoms with Gasteiger partial charge < -0.3 is 0 Å². The maximum atomic E-state index is 13.0. The minimum absolute atomic E-state index is 0.336. The van der Waals surface area contributed by atoms with Crippen LogP contribution in [0.1, 0.15) is 67.8 Å². The standard InChI is InChI=1S/C20H26O/c1-12(2)15-3-5-16(6-4-15)20(21)19-17-8-13-7-14(10-17)11-18(19)9-13/h3-6,12-14,17-19H,7-11H2,1-2H3. The van der Waals surface area contributed by atoms with E-state index in [4.69, 9.17) is 0 Å². The highest BCUT2D eigenvalue weighted by Gasteiger charge is 2.50. The van der Waals surface area contributed by atoms with Crippen LogP contribution in [0.5, 0.6) is 0 Å². The monoisotopic (exact) mass is 282 g/mol. The van der Waals surface area contributed by atoms with Crippen molar-refractivity contribution in [2.24, 2.45) is 29.6 Å². The largest absolute Gasteiger partial charge is 0.294 e. The normalized spacial score (nSPS) is 37.2. The average Bonchev–Trinajstić information content (AvgIpc) is 2.46. The summed E-state index contributed by atoms with van der Waals surface area (Å²) in [6.45, 7) is 4.41. The van der Waals surface area contributed by atoms with Crippen molar-refractivity contribution in [2.75, 3.05) is 0 Å². The molecule has 0 atom stereocenters. The molecule has 1 aromatic carbocycles. The molecule has 0 heterocycles. The quantitative estimate of drug-likeness (QED) is 0.708. The molecule has 1 heteroatoms. The number of hydrogen-bond donors (Lipinski definition) is 0. The molecule has 0 saturated heterocycles. The second-order valence-corrected chi connectivity index (χ2v) is 8.10. The van der Waals surface area contributed by atoms with E-state index in [1.807, 2.05) is 0 Å². The molecule has 0 amide bonds. The van der Waals surface area contributed by atoms with E-state index in [0.29, 0.717) is 29.5 Å². The first-order valence-electron chi connectivity index (χ1n) is 8.76. The lowest BCUT2D eigenvalue weighted by molar-refractivity contribution is -0.0251. The maximum Gasteiger partial charge on any atom is 0.166 e. The molecule has 4 bridgehead atoms. The van der Waals surface area contributed by atoms with Gasteiger partial charge in [0.25, 0.3) is 0 Å². The molecular formula is C20H26O. The van der Waals surface area contributed by atoms with E-state index in [-0.39, 0.29) is 0 Å². The summed E-state index contributed by atoms with van der Waals surface area (Å²) in [7, 11) is 0. The van der Waals surface area contributed by atoms with Crippen LogP contribution >= 0.6 is 0 Å². The van der Waals surface area contributed by atoms with Gasteiger partial charge in [0.2, 0.25) is 0 Å². The van der Waals surface area contributed by atoms with E-state index in [1.165, 1.54) is 37.7 Å². The number of benzene rings is 1. The van der Waals surface area contributed by atoms with Gasteiger partial charge in [-0.15, -0.1) is 0 Å². The molecule has 4 aliphatic carbocycles. The lowest BCUT2D eigenvalue weighted by atomic mass is 9.51. The maximum absolute atomic E-state index is 13.0. The Hall–Kier alpha value is -1.11. The van der Waals surface area contributed by atoms with Crippen molar-refractivity contribution in [1.82, 2.24) is 0 Å². The van der Waals surface area contributed by atoms with E-state index in [9.17, 15) is 4.79 Å². The van der Waals surface area contributed by atoms with Gasteiger partial charge in [0.1, 0.15) is 0 Å². The first kappa shape index (κ1) is 13.5. The van der Waals surface area contributed by atoms with Gasteiger partial charge in [-0.25, -0.2) is 0 Å². The number of carbonyl (C=O) groups excluding carboxylic acids is 1. The van der Waals surface area contributed by atoms with Crippen LogP contribution in [0.4, 0.5) is 0 Å². The van der Waals surface area contributed by atoms with Crippen LogP contribution in [0.25, 0.3) is 0 Å². The minimum Gasteiger partial charge on any atom is -0.294 e. The SMILES string of the molecule is CC(C)c1ccc(C(=O)C2C3CC4CC(C3)CC2C4)cc1. The average molecular weight is 282 g/mol. The smallest absolute Gasteiger partial charge is 0.166 e. The number of carbonyl (C=O) groups is 1. The van der Waals surface area contributed by atoms with Crippen LogP contribution in [0.15, 0.2) is 24.3 Å². The molecule has 21 heavy (non-hydrogen) atoms. The molecule has 5 rings (SSSR count). The van der Waals surface area contributed by atoms with Gasteiger partial charge in [0.15, 0.2) is 5.78 Å². The van der Waals surface area contributed by atoms with Crippen molar-refractivity contribution in [2.45, 2.75) is 51.9 Å². The Labute approximate surface area is 128 Å². The van der Waals surface area contributed by atoms with E-state index in [0.717, 1.165) is 17.4 Å². The fourth-order valence-corrected chi connectivity index (χ4v) is 5.58.